The summed E-state index contributed by atoms with van der Waals surface area (Å²) < 4.78 is 16.6. The van der Waals surface area contributed by atoms with E-state index in [9.17, 15) is 4.79 Å². The number of fused-ring (bicyclic) bond motifs is 1. The SMILES string of the molecule is CN(CCNC(=O)OC(C)(C)C)CC1Oc2ccccc2O1. The van der Waals surface area contributed by atoms with Gasteiger partial charge in [0.1, 0.15) is 5.60 Å². The van der Waals surface area contributed by atoms with Crippen LogP contribution in [0, 0.1) is 0 Å². The Hall–Kier alpha value is -1.95. The van der Waals surface area contributed by atoms with E-state index in [-0.39, 0.29) is 6.29 Å². The number of benzene rings is 1. The van der Waals surface area contributed by atoms with Crippen LogP contribution in [0.15, 0.2) is 24.3 Å². The standard InChI is InChI=1S/C16H24N2O4/c1-16(2,3)22-15(19)17-9-10-18(4)11-14-20-12-7-5-6-8-13(12)21-14/h5-8,14H,9-11H2,1-4H3,(H,17,19). The number of para-hydroxylation sites is 2. The second-order valence-electron chi connectivity index (χ2n) is 6.30. The monoisotopic (exact) mass is 308 g/mol. The van der Waals surface area contributed by atoms with Crippen LogP contribution in [0.2, 0.25) is 0 Å². The molecule has 0 aliphatic carbocycles. The first-order valence-electron chi connectivity index (χ1n) is 7.41. The van der Waals surface area contributed by atoms with Gasteiger partial charge in [0.05, 0.1) is 6.54 Å². The second kappa shape index (κ2) is 6.87. The van der Waals surface area contributed by atoms with Crippen LogP contribution in [-0.4, -0.2) is 49.6 Å². The fraction of sp³-hybridized carbons (Fsp3) is 0.562. The zero-order chi connectivity index (χ0) is 16.2. The lowest BCUT2D eigenvalue weighted by atomic mass is 10.2. The van der Waals surface area contributed by atoms with Gasteiger partial charge >= 0.3 is 6.09 Å². The van der Waals surface area contributed by atoms with Crippen LogP contribution in [0.4, 0.5) is 4.79 Å². The molecular formula is C16H24N2O4. The minimum atomic E-state index is -0.479. The van der Waals surface area contributed by atoms with E-state index in [0.717, 1.165) is 11.5 Å². The van der Waals surface area contributed by atoms with E-state index in [1.165, 1.54) is 0 Å². The highest BCUT2D eigenvalue weighted by atomic mass is 16.7. The van der Waals surface area contributed by atoms with Crippen LogP contribution < -0.4 is 14.8 Å². The lowest BCUT2D eigenvalue weighted by molar-refractivity contribution is 0.0213. The number of ether oxygens (including phenoxy) is 3. The molecule has 6 heteroatoms. The van der Waals surface area contributed by atoms with E-state index in [2.05, 4.69) is 5.32 Å². The highest BCUT2D eigenvalue weighted by molar-refractivity contribution is 5.67. The van der Waals surface area contributed by atoms with Crippen LogP contribution in [0.1, 0.15) is 20.8 Å². The summed E-state index contributed by atoms with van der Waals surface area (Å²) in [7, 11) is 1.95. The third-order valence-corrected chi connectivity index (χ3v) is 2.99. The highest BCUT2D eigenvalue weighted by Gasteiger charge is 2.24. The van der Waals surface area contributed by atoms with Crippen molar-refractivity contribution in [2.24, 2.45) is 0 Å². The molecule has 6 nitrogen and oxygen atoms in total. The Labute approximate surface area is 131 Å². The van der Waals surface area contributed by atoms with Crippen molar-refractivity contribution in [3.05, 3.63) is 24.3 Å². The molecule has 1 aliphatic rings. The molecule has 1 N–H and O–H groups in total. The minimum absolute atomic E-state index is 0.316. The highest BCUT2D eigenvalue weighted by Crippen LogP contribution is 2.33. The summed E-state index contributed by atoms with van der Waals surface area (Å²) >= 11 is 0. The maximum atomic E-state index is 11.5. The van der Waals surface area contributed by atoms with Crippen LogP contribution in [0.3, 0.4) is 0 Å². The number of hydrogen-bond acceptors (Lipinski definition) is 5. The molecule has 0 saturated heterocycles. The smallest absolute Gasteiger partial charge is 0.407 e. The fourth-order valence-corrected chi connectivity index (χ4v) is 2.04. The predicted molar refractivity (Wildman–Crippen MR) is 83.2 cm³/mol. The fourth-order valence-electron chi connectivity index (χ4n) is 2.04. The number of amides is 1. The molecule has 1 aliphatic heterocycles. The molecule has 1 amide bonds. The van der Waals surface area contributed by atoms with E-state index in [1.54, 1.807) is 0 Å². The molecule has 0 saturated carbocycles. The first-order chi connectivity index (χ1) is 10.3. The first-order valence-corrected chi connectivity index (χ1v) is 7.41. The van der Waals surface area contributed by atoms with Gasteiger partial charge in [-0.15, -0.1) is 0 Å². The number of hydrogen-bond donors (Lipinski definition) is 1. The Balaban J connectivity index is 1.65. The third kappa shape index (κ3) is 5.11. The number of nitrogens with zero attached hydrogens (tertiary/aromatic N) is 1. The van der Waals surface area contributed by atoms with Crippen molar-refractivity contribution in [1.29, 1.82) is 0 Å². The van der Waals surface area contributed by atoms with Crippen LogP contribution >= 0.6 is 0 Å². The van der Waals surface area contributed by atoms with Gasteiger partial charge in [0.15, 0.2) is 11.5 Å². The van der Waals surface area contributed by atoms with Crippen molar-refractivity contribution in [1.82, 2.24) is 10.2 Å². The molecule has 22 heavy (non-hydrogen) atoms. The van der Waals surface area contributed by atoms with Gasteiger partial charge in [0.2, 0.25) is 0 Å². The lowest BCUT2D eigenvalue weighted by Gasteiger charge is -2.22. The van der Waals surface area contributed by atoms with Crippen molar-refractivity contribution in [3.63, 3.8) is 0 Å². The molecular weight excluding hydrogens is 284 g/mol. The van der Waals surface area contributed by atoms with Gasteiger partial charge in [-0.3, -0.25) is 4.90 Å². The van der Waals surface area contributed by atoms with E-state index in [0.29, 0.717) is 19.6 Å². The maximum absolute atomic E-state index is 11.5. The van der Waals surface area contributed by atoms with Gasteiger partial charge in [0, 0.05) is 13.1 Å². The molecule has 2 rings (SSSR count). The van der Waals surface area contributed by atoms with Gasteiger partial charge in [-0.1, -0.05) is 12.1 Å². The predicted octanol–water partition coefficient (Wildman–Crippen LogP) is 2.24. The molecule has 1 aromatic rings. The zero-order valence-electron chi connectivity index (χ0n) is 13.6. The Morgan fingerprint density at radius 2 is 1.86 bits per heavy atom. The van der Waals surface area contributed by atoms with E-state index >= 15 is 0 Å². The summed E-state index contributed by atoms with van der Waals surface area (Å²) in [5.74, 6) is 1.54. The van der Waals surface area contributed by atoms with Crippen molar-refractivity contribution in [2.75, 3.05) is 26.7 Å². The third-order valence-electron chi connectivity index (χ3n) is 2.99. The van der Waals surface area contributed by atoms with Crippen molar-refractivity contribution in [2.45, 2.75) is 32.7 Å². The summed E-state index contributed by atoms with van der Waals surface area (Å²) in [5.41, 5.74) is -0.479. The molecule has 122 valence electrons. The Bertz CT molecular complexity index is 488. The molecule has 0 bridgehead atoms. The van der Waals surface area contributed by atoms with Crippen molar-refractivity contribution < 1.29 is 19.0 Å². The summed E-state index contributed by atoms with van der Waals surface area (Å²) in [4.78, 5) is 13.6. The van der Waals surface area contributed by atoms with E-state index < -0.39 is 11.7 Å². The summed E-state index contributed by atoms with van der Waals surface area (Å²) in [6.07, 6.45) is -0.717. The maximum Gasteiger partial charge on any atom is 0.407 e. The number of carbonyl (C=O) groups excluding carboxylic acids is 1. The normalized spacial score (nSPS) is 14.2. The van der Waals surface area contributed by atoms with Gasteiger partial charge in [-0.05, 0) is 40.0 Å². The lowest BCUT2D eigenvalue weighted by Crippen LogP contribution is -2.40. The van der Waals surface area contributed by atoms with Crippen molar-refractivity contribution in [3.8, 4) is 11.5 Å². The molecule has 1 heterocycles. The number of carbonyl (C=O) groups is 1. The number of alkyl carbamates (subject to hydrolysis) is 1. The first kappa shape index (κ1) is 16.4. The Morgan fingerprint density at radius 3 is 2.41 bits per heavy atom. The number of rotatable bonds is 5. The van der Waals surface area contributed by atoms with Crippen molar-refractivity contribution >= 4 is 6.09 Å². The molecule has 1 aromatic carbocycles. The summed E-state index contributed by atoms with van der Waals surface area (Å²) in [5, 5.41) is 2.73. The molecule has 0 unspecified atom stereocenters. The summed E-state index contributed by atoms with van der Waals surface area (Å²) in [6, 6.07) is 7.61. The quantitative estimate of drug-likeness (QED) is 0.904. The largest absolute Gasteiger partial charge is 0.450 e. The molecule has 0 fully saturated rings. The van der Waals surface area contributed by atoms with Crippen LogP contribution in [0.5, 0.6) is 11.5 Å². The minimum Gasteiger partial charge on any atom is -0.450 e. The van der Waals surface area contributed by atoms with E-state index in [1.807, 2.05) is 57.0 Å². The topological polar surface area (TPSA) is 60.0 Å². The van der Waals surface area contributed by atoms with Crippen LogP contribution in [-0.2, 0) is 4.74 Å². The number of likely N-dealkylation sites (N-methyl/N-ethyl adjacent to an activating group) is 1. The second-order valence-corrected chi connectivity index (χ2v) is 6.30. The molecule has 0 atom stereocenters. The van der Waals surface area contributed by atoms with Gasteiger partial charge in [0.25, 0.3) is 6.29 Å². The van der Waals surface area contributed by atoms with Gasteiger partial charge in [-0.2, -0.15) is 0 Å². The van der Waals surface area contributed by atoms with Gasteiger partial charge in [-0.25, -0.2) is 4.79 Å². The number of nitrogens with one attached hydrogen (secondary N) is 1. The van der Waals surface area contributed by atoms with Gasteiger partial charge < -0.3 is 19.5 Å². The average molecular weight is 308 g/mol. The average Bonchev–Trinajstić information content (AvgIpc) is 2.78. The molecule has 0 radical (unpaired) electrons. The van der Waals surface area contributed by atoms with Crippen LogP contribution in [0.25, 0.3) is 0 Å². The Morgan fingerprint density at radius 1 is 1.27 bits per heavy atom. The Kier molecular flexibility index (Phi) is 5.13. The van der Waals surface area contributed by atoms with E-state index in [4.69, 9.17) is 14.2 Å². The molecule has 0 aromatic heterocycles. The summed E-state index contributed by atoms with van der Waals surface area (Å²) in [6.45, 7) is 7.32. The molecule has 0 spiro atoms. The zero-order valence-corrected chi connectivity index (χ0v) is 13.6.